The van der Waals surface area contributed by atoms with Crippen LogP contribution in [-0.4, -0.2) is 27.3 Å². The van der Waals surface area contributed by atoms with Crippen LogP contribution in [0.5, 0.6) is 0 Å². The van der Waals surface area contributed by atoms with Gasteiger partial charge < -0.3 is 16.0 Å². The molecule has 0 aliphatic carbocycles. The van der Waals surface area contributed by atoms with Gasteiger partial charge in [0.15, 0.2) is 0 Å². The molecule has 3 N–H and O–H groups in total. The number of hydrogen-bond acceptors (Lipinski definition) is 7. The Balaban J connectivity index is 1.71. The van der Waals surface area contributed by atoms with Gasteiger partial charge in [0, 0.05) is 30.1 Å². The molecule has 9 heteroatoms. The normalized spacial score (nSPS) is 10.3. The van der Waals surface area contributed by atoms with Crippen LogP contribution >= 0.6 is 0 Å². The second-order valence-electron chi connectivity index (χ2n) is 6.15. The molecule has 0 radical (unpaired) electrons. The third-order valence-electron chi connectivity index (χ3n) is 3.96. The molecular weight excluding hydrogens is 372 g/mol. The molecule has 2 aromatic carbocycles. The maximum atomic E-state index is 12.4. The van der Waals surface area contributed by atoms with Crippen molar-refractivity contribution in [1.29, 1.82) is 0 Å². The van der Waals surface area contributed by atoms with Crippen molar-refractivity contribution in [3.05, 3.63) is 76.1 Å². The summed E-state index contributed by atoms with van der Waals surface area (Å²) < 4.78 is 0. The summed E-state index contributed by atoms with van der Waals surface area (Å²) in [6, 6.07) is 14.6. The van der Waals surface area contributed by atoms with E-state index in [2.05, 4.69) is 25.9 Å². The van der Waals surface area contributed by atoms with E-state index in [4.69, 9.17) is 0 Å². The Morgan fingerprint density at radius 3 is 2.38 bits per heavy atom. The highest BCUT2D eigenvalue weighted by Crippen LogP contribution is 2.22. The predicted molar refractivity (Wildman–Crippen MR) is 112 cm³/mol. The van der Waals surface area contributed by atoms with Crippen LogP contribution in [0.15, 0.2) is 54.6 Å². The lowest BCUT2D eigenvalue weighted by Gasteiger charge is -2.10. The molecule has 0 unspecified atom stereocenters. The van der Waals surface area contributed by atoms with Crippen molar-refractivity contribution >= 4 is 34.6 Å². The van der Waals surface area contributed by atoms with Gasteiger partial charge in [0.2, 0.25) is 0 Å². The van der Waals surface area contributed by atoms with Gasteiger partial charge in [-0.25, -0.2) is 9.97 Å². The summed E-state index contributed by atoms with van der Waals surface area (Å²) in [6.45, 7) is 4.55. The summed E-state index contributed by atoms with van der Waals surface area (Å²) in [5.41, 5.74) is 1.06. The fourth-order valence-electron chi connectivity index (χ4n) is 2.71. The highest BCUT2D eigenvalue weighted by atomic mass is 16.6. The second kappa shape index (κ2) is 8.79. The van der Waals surface area contributed by atoms with Crippen molar-refractivity contribution in [2.75, 3.05) is 22.5 Å². The van der Waals surface area contributed by atoms with Gasteiger partial charge in [-0.05, 0) is 44.2 Å². The average molecular weight is 392 g/mol. The summed E-state index contributed by atoms with van der Waals surface area (Å²) in [4.78, 5) is 31.6. The molecule has 0 spiro atoms. The largest absolute Gasteiger partial charge is 0.370 e. The van der Waals surface area contributed by atoms with Gasteiger partial charge in [-0.2, -0.15) is 0 Å². The number of carbonyl (C=O) groups excluding carboxylic acids is 1. The Bertz CT molecular complexity index is 1040. The number of aromatic nitrogens is 2. The van der Waals surface area contributed by atoms with Crippen LogP contribution < -0.4 is 16.0 Å². The van der Waals surface area contributed by atoms with Crippen LogP contribution in [-0.2, 0) is 0 Å². The highest BCUT2D eigenvalue weighted by molar-refractivity contribution is 6.07. The molecule has 29 heavy (non-hydrogen) atoms. The van der Waals surface area contributed by atoms with Crippen LogP contribution in [0.25, 0.3) is 0 Å². The Morgan fingerprint density at radius 1 is 1.03 bits per heavy atom. The minimum Gasteiger partial charge on any atom is -0.370 e. The predicted octanol–water partition coefficient (Wildman–Crippen LogP) is 4.12. The molecule has 148 valence electrons. The minimum atomic E-state index is -0.576. The van der Waals surface area contributed by atoms with Crippen molar-refractivity contribution in [2.24, 2.45) is 0 Å². The Kier molecular flexibility index (Phi) is 5.98. The maximum absolute atomic E-state index is 12.4. The van der Waals surface area contributed by atoms with Gasteiger partial charge in [0.25, 0.3) is 11.6 Å². The quantitative estimate of drug-likeness (QED) is 0.408. The number of nitrogens with zero attached hydrogens (tertiary/aromatic N) is 3. The summed E-state index contributed by atoms with van der Waals surface area (Å²) in [5, 5.41) is 20.1. The van der Waals surface area contributed by atoms with Crippen molar-refractivity contribution in [3.63, 3.8) is 0 Å². The second-order valence-corrected chi connectivity index (χ2v) is 6.15. The molecule has 0 aliphatic rings. The monoisotopic (exact) mass is 392 g/mol. The van der Waals surface area contributed by atoms with Gasteiger partial charge in [-0.1, -0.05) is 12.1 Å². The first-order chi connectivity index (χ1) is 14.0. The molecule has 9 nitrogen and oxygen atoms in total. The van der Waals surface area contributed by atoms with Gasteiger partial charge in [0.1, 0.15) is 23.0 Å². The molecule has 0 saturated heterocycles. The van der Waals surface area contributed by atoms with Crippen molar-refractivity contribution in [1.82, 2.24) is 9.97 Å². The van der Waals surface area contributed by atoms with E-state index in [-0.39, 0.29) is 11.3 Å². The number of anilines is 4. The molecule has 1 amide bonds. The SMILES string of the molecule is CCNc1cc(Nc2ccc(NC(=O)c3ccccc3[N+](=O)[O-])cc2)nc(C)n1. The topological polar surface area (TPSA) is 122 Å². The van der Waals surface area contributed by atoms with E-state index < -0.39 is 10.8 Å². The van der Waals surface area contributed by atoms with E-state index in [1.165, 1.54) is 18.2 Å². The van der Waals surface area contributed by atoms with E-state index >= 15 is 0 Å². The lowest BCUT2D eigenvalue weighted by Crippen LogP contribution is -2.13. The molecule has 0 bridgehead atoms. The lowest BCUT2D eigenvalue weighted by atomic mass is 10.1. The first-order valence-electron chi connectivity index (χ1n) is 8.97. The van der Waals surface area contributed by atoms with Gasteiger partial charge in [-0.15, -0.1) is 0 Å². The van der Waals surface area contributed by atoms with E-state index in [1.807, 2.05) is 13.8 Å². The summed E-state index contributed by atoms with van der Waals surface area (Å²) in [6.07, 6.45) is 0. The Labute approximate surface area is 167 Å². The van der Waals surface area contributed by atoms with Gasteiger partial charge in [-0.3, -0.25) is 14.9 Å². The first-order valence-corrected chi connectivity index (χ1v) is 8.97. The van der Waals surface area contributed by atoms with Crippen molar-refractivity contribution < 1.29 is 9.72 Å². The number of para-hydroxylation sites is 1. The molecule has 0 saturated carbocycles. The maximum Gasteiger partial charge on any atom is 0.282 e. The van der Waals surface area contributed by atoms with E-state index in [0.29, 0.717) is 17.3 Å². The molecule has 0 fully saturated rings. The summed E-state index contributed by atoms with van der Waals surface area (Å²) in [5.74, 6) is 1.47. The highest BCUT2D eigenvalue weighted by Gasteiger charge is 2.19. The van der Waals surface area contributed by atoms with E-state index in [1.54, 1.807) is 36.4 Å². The van der Waals surface area contributed by atoms with Crippen LogP contribution in [0.3, 0.4) is 0 Å². The number of amides is 1. The number of carbonyl (C=O) groups is 1. The van der Waals surface area contributed by atoms with Crippen LogP contribution in [0.1, 0.15) is 23.1 Å². The molecule has 3 rings (SSSR count). The molecule has 1 heterocycles. The van der Waals surface area contributed by atoms with Gasteiger partial charge >= 0.3 is 0 Å². The number of hydrogen-bond donors (Lipinski definition) is 3. The summed E-state index contributed by atoms with van der Waals surface area (Å²) in [7, 11) is 0. The molecule has 3 aromatic rings. The number of nitrogens with one attached hydrogen (secondary N) is 3. The zero-order chi connectivity index (χ0) is 20.8. The molecule has 1 aromatic heterocycles. The smallest absolute Gasteiger partial charge is 0.282 e. The number of benzene rings is 2. The van der Waals surface area contributed by atoms with Crippen molar-refractivity contribution in [2.45, 2.75) is 13.8 Å². The fraction of sp³-hybridized carbons (Fsp3) is 0.150. The molecular formula is C20H20N6O3. The average Bonchev–Trinajstić information content (AvgIpc) is 2.69. The first kappa shape index (κ1) is 19.7. The Hall–Kier alpha value is -4.01. The number of nitro benzene ring substituents is 1. The lowest BCUT2D eigenvalue weighted by molar-refractivity contribution is -0.385. The minimum absolute atomic E-state index is 0.00659. The summed E-state index contributed by atoms with van der Waals surface area (Å²) >= 11 is 0. The third-order valence-corrected chi connectivity index (χ3v) is 3.96. The van der Waals surface area contributed by atoms with Crippen molar-refractivity contribution in [3.8, 4) is 0 Å². The zero-order valence-electron chi connectivity index (χ0n) is 16.0. The van der Waals surface area contributed by atoms with Crippen LogP contribution in [0.4, 0.5) is 28.7 Å². The Morgan fingerprint density at radius 2 is 1.69 bits per heavy atom. The van der Waals surface area contributed by atoms with E-state index in [0.717, 1.165) is 18.1 Å². The van der Waals surface area contributed by atoms with Crippen LogP contribution in [0.2, 0.25) is 0 Å². The van der Waals surface area contributed by atoms with Crippen LogP contribution in [0, 0.1) is 17.0 Å². The van der Waals surface area contributed by atoms with Gasteiger partial charge in [0.05, 0.1) is 4.92 Å². The fourth-order valence-corrected chi connectivity index (χ4v) is 2.71. The van der Waals surface area contributed by atoms with E-state index in [9.17, 15) is 14.9 Å². The number of rotatable bonds is 7. The number of nitro groups is 1. The molecule has 0 atom stereocenters. The zero-order valence-corrected chi connectivity index (χ0v) is 16.0. The number of aryl methyl sites for hydroxylation is 1. The third kappa shape index (κ3) is 5.04. The molecule has 0 aliphatic heterocycles. The standard InChI is InChI=1S/C20H20N6O3/c1-3-21-18-12-19(23-13(2)22-18)24-14-8-10-15(11-9-14)25-20(27)16-6-4-5-7-17(16)26(28)29/h4-12H,3H2,1-2H3,(H,25,27)(H2,21,22,23,24).